The number of imide groups is 1. The van der Waals surface area contributed by atoms with Crippen LogP contribution in [0.1, 0.15) is 77.0 Å². The number of aromatic nitrogens is 2. The minimum Gasteiger partial charge on any atom is -0.449 e. The highest BCUT2D eigenvalue weighted by Crippen LogP contribution is 2.33. The molecule has 2 aromatic carbocycles. The second-order valence-electron chi connectivity index (χ2n) is 17.0. The maximum absolute atomic E-state index is 15.2. The van der Waals surface area contributed by atoms with Crippen LogP contribution in [0, 0.1) is 23.5 Å². The average Bonchev–Trinajstić information content (AvgIpc) is 3.25. The van der Waals surface area contributed by atoms with Crippen molar-refractivity contribution < 1.29 is 32.7 Å². The van der Waals surface area contributed by atoms with Gasteiger partial charge in [-0.15, -0.1) is 0 Å². The number of amides is 4. The zero-order chi connectivity index (χ0) is 41.6. The standard InChI is InChI=1S/C44H55F2N9O5/c45-35-25-33(48-37-14-16-39(56)51-42(37)58)13-15-38(35)54-20-18-53(19-21-54)27-29-7-5-28(6-8-29)23-40(57)49-31-9-11-32(12-10-31)50-43-47-26-36(46)41(52-43)30-3-1-4-34(24-30)55-17-2-22-60-44(55)59/h1,3-4,13,15,24-26,28-29,31-32,37,48H,2,5-12,14,16-23,27H2,(H,49,57)(H,47,50,52)(H,51,56,58). The number of ether oxygens (including phenoxy) is 1. The molecule has 8 rings (SSSR count). The Balaban J connectivity index is 0.720. The van der Waals surface area contributed by atoms with E-state index in [4.69, 9.17) is 4.74 Å². The van der Waals surface area contributed by atoms with Gasteiger partial charge >= 0.3 is 6.09 Å². The van der Waals surface area contributed by atoms with E-state index in [0.717, 1.165) is 90.5 Å². The van der Waals surface area contributed by atoms with E-state index in [9.17, 15) is 23.6 Å². The highest BCUT2D eigenvalue weighted by molar-refractivity contribution is 6.01. The molecule has 3 aliphatic heterocycles. The van der Waals surface area contributed by atoms with Crippen LogP contribution < -0.4 is 31.1 Å². The minimum absolute atomic E-state index is 0.105. The lowest BCUT2D eigenvalue weighted by Crippen LogP contribution is -2.48. The van der Waals surface area contributed by atoms with Crippen molar-refractivity contribution in [3.8, 4) is 11.3 Å². The van der Waals surface area contributed by atoms with Crippen molar-refractivity contribution in [2.75, 3.05) is 66.3 Å². The van der Waals surface area contributed by atoms with Gasteiger partial charge in [0, 0.05) is 81.1 Å². The molecule has 14 nitrogen and oxygen atoms in total. The lowest BCUT2D eigenvalue weighted by atomic mass is 9.80. The van der Waals surface area contributed by atoms with Crippen LogP contribution in [0.2, 0.25) is 0 Å². The SMILES string of the molecule is O=C1CCC(Nc2ccc(N3CCN(CC4CCC(CC(=O)NC5CCC(Nc6ncc(F)c(-c7cccc(N8CCCOC8=O)c7)n6)CC5)CC4)CC3)c(F)c2)C(=O)N1. The number of rotatable bonds is 12. The molecule has 2 aliphatic carbocycles. The van der Waals surface area contributed by atoms with Gasteiger partial charge in [-0.25, -0.2) is 23.5 Å². The van der Waals surface area contributed by atoms with Gasteiger partial charge in [0.2, 0.25) is 23.7 Å². The monoisotopic (exact) mass is 827 g/mol. The van der Waals surface area contributed by atoms with E-state index in [1.165, 1.54) is 12.3 Å². The number of nitrogens with one attached hydrogen (secondary N) is 4. The van der Waals surface area contributed by atoms with Crippen LogP contribution in [0.25, 0.3) is 11.3 Å². The number of halogens is 2. The summed E-state index contributed by atoms with van der Waals surface area (Å²) < 4.78 is 35.3. The molecular weight excluding hydrogens is 773 g/mol. The fraction of sp³-hybridized carbons (Fsp3) is 0.545. The number of hydrogen-bond donors (Lipinski definition) is 4. The zero-order valence-corrected chi connectivity index (χ0v) is 34.0. The number of benzene rings is 2. The second kappa shape index (κ2) is 18.9. The van der Waals surface area contributed by atoms with Gasteiger partial charge < -0.3 is 25.6 Å². The number of piperidine rings is 1. The lowest BCUT2D eigenvalue weighted by Gasteiger charge is -2.39. The van der Waals surface area contributed by atoms with Crippen molar-refractivity contribution in [3.63, 3.8) is 0 Å². The molecule has 16 heteroatoms. The van der Waals surface area contributed by atoms with Crippen LogP contribution >= 0.6 is 0 Å². The number of cyclic esters (lactones) is 1. The molecule has 3 aromatic rings. The first-order valence-corrected chi connectivity index (χ1v) is 21.6. The lowest BCUT2D eigenvalue weighted by molar-refractivity contribution is -0.133. The van der Waals surface area contributed by atoms with Crippen LogP contribution in [0.4, 0.5) is 36.6 Å². The molecule has 2 saturated carbocycles. The Morgan fingerprint density at radius 1 is 0.833 bits per heavy atom. The maximum Gasteiger partial charge on any atom is 0.414 e. The number of hydrogen-bond acceptors (Lipinski definition) is 11. The molecule has 5 fully saturated rings. The predicted octanol–water partition coefficient (Wildman–Crippen LogP) is 5.84. The molecule has 4 N–H and O–H groups in total. The van der Waals surface area contributed by atoms with Crippen LogP contribution in [-0.2, 0) is 19.1 Å². The molecule has 1 unspecified atom stereocenters. The van der Waals surface area contributed by atoms with Gasteiger partial charge in [-0.05, 0) is 106 Å². The maximum atomic E-state index is 15.2. The van der Waals surface area contributed by atoms with E-state index in [2.05, 4.69) is 41.0 Å². The Labute approximate surface area is 349 Å². The Bertz CT molecular complexity index is 2030. The van der Waals surface area contributed by atoms with Crippen molar-refractivity contribution >= 4 is 46.8 Å². The van der Waals surface area contributed by atoms with Gasteiger partial charge in [0.15, 0.2) is 5.82 Å². The summed E-state index contributed by atoms with van der Waals surface area (Å²) in [7, 11) is 0. The van der Waals surface area contributed by atoms with Crippen molar-refractivity contribution in [1.29, 1.82) is 0 Å². The summed E-state index contributed by atoms with van der Waals surface area (Å²) in [5, 5.41) is 12.0. The zero-order valence-electron chi connectivity index (χ0n) is 34.0. The van der Waals surface area contributed by atoms with Gasteiger partial charge in [-0.1, -0.05) is 12.1 Å². The minimum atomic E-state index is -0.554. The highest BCUT2D eigenvalue weighted by Gasteiger charge is 2.30. The molecule has 4 heterocycles. The summed E-state index contributed by atoms with van der Waals surface area (Å²) in [6.45, 7) is 5.15. The second-order valence-corrected chi connectivity index (χ2v) is 17.0. The third-order valence-corrected chi connectivity index (χ3v) is 12.8. The smallest absolute Gasteiger partial charge is 0.414 e. The predicted molar refractivity (Wildman–Crippen MR) is 223 cm³/mol. The first-order valence-electron chi connectivity index (χ1n) is 21.6. The number of carbonyl (C=O) groups is 4. The first kappa shape index (κ1) is 41.4. The summed E-state index contributed by atoms with van der Waals surface area (Å²) in [5.41, 5.74) is 2.42. The summed E-state index contributed by atoms with van der Waals surface area (Å²) in [4.78, 5) is 63.7. The Morgan fingerprint density at radius 3 is 2.35 bits per heavy atom. The number of nitrogens with zero attached hydrogens (tertiary/aromatic N) is 5. The summed E-state index contributed by atoms with van der Waals surface area (Å²) >= 11 is 0. The van der Waals surface area contributed by atoms with Crippen molar-refractivity contribution in [1.82, 2.24) is 25.5 Å². The van der Waals surface area contributed by atoms with Crippen molar-refractivity contribution in [3.05, 3.63) is 60.3 Å². The van der Waals surface area contributed by atoms with E-state index >= 15 is 4.39 Å². The topological polar surface area (TPSA) is 161 Å². The Kier molecular flexibility index (Phi) is 13.0. The number of anilines is 4. The molecule has 0 spiro atoms. The molecule has 1 aromatic heterocycles. The third kappa shape index (κ3) is 10.3. The van der Waals surface area contributed by atoms with Crippen LogP contribution in [0.3, 0.4) is 0 Å². The van der Waals surface area contributed by atoms with Gasteiger partial charge in [0.25, 0.3) is 0 Å². The largest absolute Gasteiger partial charge is 0.449 e. The van der Waals surface area contributed by atoms with Crippen LogP contribution in [-0.4, -0.2) is 103 Å². The van der Waals surface area contributed by atoms with E-state index in [1.807, 2.05) is 0 Å². The molecule has 1 atom stereocenters. The van der Waals surface area contributed by atoms with Gasteiger partial charge in [0.05, 0.1) is 18.5 Å². The number of piperazine rings is 1. The summed E-state index contributed by atoms with van der Waals surface area (Å²) in [6.07, 6.45) is 10.3. The Hall–Kier alpha value is -5.38. The van der Waals surface area contributed by atoms with E-state index in [-0.39, 0.29) is 47.7 Å². The normalized spacial score (nSPS) is 25.3. The molecule has 60 heavy (non-hydrogen) atoms. The fourth-order valence-electron chi connectivity index (χ4n) is 9.40. The van der Waals surface area contributed by atoms with Crippen LogP contribution in [0.15, 0.2) is 48.7 Å². The van der Waals surface area contributed by atoms with E-state index < -0.39 is 18.0 Å². The van der Waals surface area contributed by atoms with E-state index in [1.54, 1.807) is 41.3 Å². The van der Waals surface area contributed by atoms with E-state index in [0.29, 0.717) is 66.4 Å². The van der Waals surface area contributed by atoms with Gasteiger partial charge in [-0.3, -0.25) is 29.5 Å². The fourth-order valence-corrected chi connectivity index (χ4v) is 9.40. The van der Waals surface area contributed by atoms with Crippen LogP contribution in [0.5, 0.6) is 0 Å². The molecule has 0 radical (unpaired) electrons. The molecular formula is C44H55F2N9O5. The molecule has 4 amide bonds. The quantitative estimate of drug-likeness (QED) is 0.162. The average molecular weight is 828 g/mol. The first-order chi connectivity index (χ1) is 29.1. The van der Waals surface area contributed by atoms with Crippen molar-refractivity contribution in [2.45, 2.75) is 95.2 Å². The third-order valence-electron chi connectivity index (χ3n) is 12.8. The highest BCUT2D eigenvalue weighted by atomic mass is 19.1. The van der Waals surface area contributed by atoms with Gasteiger partial charge in [-0.2, -0.15) is 0 Å². The molecule has 0 bridgehead atoms. The van der Waals surface area contributed by atoms with Crippen molar-refractivity contribution in [2.24, 2.45) is 11.8 Å². The molecule has 3 saturated heterocycles. The Morgan fingerprint density at radius 2 is 1.60 bits per heavy atom. The van der Waals surface area contributed by atoms with Gasteiger partial charge in [0.1, 0.15) is 17.6 Å². The summed E-state index contributed by atoms with van der Waals surface area (Å²) in [6, 6.07) is 11.7. The number of carbonyl (C=O) groups excluding carboxylic acids is 4. The molecule has 320 valence electrons. The molecule has 5 aliphatic rings. The summed E-state index contributed by atoms with van der Waals surface area (Å²) in [5.74, 6) is -0.0710.